The lowest BCUT2D eigenvalue weighted by Gasteiger charge is -2.25. The van der Waals surface area contributed by atoms with Crippen molar-refractivity contribution < 1.29 is 9.90 Å². The number of aromatic amines is 1. The van der Waals surface area contributed by atoms with Crippen LogP contribution in [0.3, 0.4) is 0 Å². The van der Waals surface area contributed by atoms with Crippen molar-refractivity contribution in [3.63, 3.8) is 0 Å². The molecule has 0 saturated heterocycles. The Morgan fingerprint density at radius 1 is 1.38 bits per heavy atom. The van der Waals surface area contributed by atoms with Crippen molar-refractivity contribution in [2.24, 2.45) is 5.41 Å². The topological polar surface area (TPSA) is 106 Å². The van der Waals surface area contributed by atoms with E-state index in [2.05, 4.69) is 31.1 Å². The number of hydrogen-bond acceptors (Lipinski definition) is 4. The van der Waals surface area contributed by atoms with Gasteiger partial charge in [-0.3, -0.25) is 9.59 Å². The maximum absolute atomic E-state index is 12.2. The monoisotopic (exact) mass is 333 g/mol. The second-order valence-corrected chi connectivity index (χ2v) is 7.38. The van der Waals surface area contributed by atoms with Gasteiger partial charge in [-0.25, -0.2) is 0 Å². The number of aryl methyl sites for hydroxylation is 1. The van der Waals surface area contributed by atoms with Crippen molar-refractivity contribution in [3.05, 3.63) is 32.7 Å². The molecule has 1 atom stereocenters. The van der Waals surface area contributed by atoms with Gasteiger partial charge in [-0.15, -0.1) is 0 Å². The lowest BCUT2D eigenvalue weighted by atomic mass is 9.88. The van der Waals surface area contributed by atoms with E-state index in [0.717, 1.165) is 5.56 Å². The Morgan fingerprint density at radius 2 is 2.00 bits per heavy atom. The van der Waals surface area contributed by atoms with Crippen LogP contribution < -0.4 is 10.9 Å². The molecule has 6 nitrogen and oxygen atoms in total. The predicted molar refractivity (Wildman–Crippen MR) is 92.7 cm³/mol. The van der Waals surface area contributed by atoms with Crippen molar-refractivity contribution >= 4 is 5.91 Å². The molecule has 1 aromatic heterocycles. The molecule has 0 saturated carbocycles. The Kier molecular flexibility index (Phi) is 6.73. The number of H-pyrrole nitrogens is 1. The van der Waals surface area contributed by atoms with E-state index in [1.165, 1.54) is 0 Å². The van der Waals surface area contributed by atoms with Gasteiger partial charge in [0.1, 0.15) is 11.6 Å². The number of nitriles is 1. The molecule has 0 aromatic carbocycles. The second-order valence-electron chi connectivity index (χ2n) is 7.38. The third kappa shape index (κ3) is 5.50. The summed E-state index contributed by atoms with van der Waals surface area (Å²) in [6.07, 6.45) is 1.35. The Bertz CT molecular complexity index is 693. The molecule has 0 aliphatic heterocycles. The molecule has 1 heterocycles. The number of rotatable bonds is 6. The van der Waals surface area contributed by atoms with Crippen molar-refractivity contribution in [1.29, 1.82) is 5.26 Å². The average molecular weight is 333 g/mol. The number of nitrogens with zero attached hydrogens (tertiary/aromatic N) is 1. The average Bonchev–Trinajstić information content (AvgIpc) is 2.44. The Labute approximate surface area is 142 Å². The zero-order chi connectivity index (χ0) is 18.5. The highest BCUT2D eigenvalue weighted by molar-refractivity contribution is 5.76. The fourth-order valence-electron chi connectivity index (χ4n) is 2.86. The minimum absolute atomic E-state index is 0.00840. The van der Waals surface area contributed by atoms with Crippen LogP contribution in [0.4, 0.5) is 0 Å². The number of aromatic nitrogens is 1. The summed E-state index contributed by atoms with van der Waals surface area (Å²) in [7, 11) is 0. The molecule has 0 radical (unpaired) electrons. The van der Waals surface area contributed by atoms with Gasteiger partial charge in [0.2, 0.25) is 5.91 Å². The van der Waals surface area contributed by atoms with Crippen molar-refractivity contribution in [2.75, 3.05) is 6.61 Å². The second kappa shape index (κ2) is 8.11. The molecular formula is C18H27N3O3. The number of aliphatic hydroxyl groups excluding tert-OH is 1. The lowest BCUT2D eigenvalue weighted by molar-refractivity contribution is -0.122. The van der Waals surface area contributed by atoms with Gasteiger partial charge in [-0.2, -0.15) is 5.26 Å². The first kappa shape index (κ1) is 19.9. The van der Waals surface area contributed by atoms with Crippen LogP contribution in [0.15, 0.2) is 4.79 Å². The largest absolute Gasteiger partial charge is 0.394 e. The highest BCUT2D eigenvalue weighted by Gasteiger charge is 2.20. The Balaban J connectivity index is 2.78. The van der Waals surface area contributed by atoms with Crippen LogP contribution in [-0.2, 0) is 11.2 Å². The van der Waals surface area contributed by atoms with Gasteiger partial charge in [-0.1, -0.05) is 20.8 Å². The third-order valence-corrected chi connectivity index (χ3v) is 3.97. The molecule has 0 aliphatic carbocycles. The number of carbonyl (C=O) groups is 1. The number of pyridine rings is 1. The van der Waals surface area contributed by atoms with Gasteiger partial charge in [0.05, 0.1) is 12.6 Å². The molecule has 24 heavy (non-hydrogen) atoms. The zero-order valence-corrected chi connectivity index (χ0v) is 15.1. The van der Waals surface area contributed by atoms with E-state index >= 15 is 0 Å². The van der Waals surface area contributed by atoms with E-state index in [1.807, 2.05) is 6.07 Å². The third-order valence-electron chi connectivity index (χ3n) is 3.97. The normalized spacial score (nSPS) is 12.5. The van der Waals surface area contributed by atoms with E-state index < -0.39 is 5.56 Å². The quantitative estimate of drug-likeness (QED) is 0.737. The van der Waals surface area contributed by atoms with Gasteiger partial charge in [0, 0.05) is 12.1 Å². The zero-order valence-electron chi connectivity index (χ0n) is 15.1. The first-order valence-electron chi connectivity index (χ1n) is 8.11. The molecule has 0 aliphatic rings. The molecule has 6 heteroatoms. The standard InChI is InChI=1S/C18H27N3O3/c1-11-14(12(2)20-17(24)15(11)9-19)6-7-16(23)21-13(10-22)8-18(3,4)5/h13,22H,6-8,10H2,1-5H3,(H,20,24)(H,21,23). The van der Waals surface area contributed by atoms with E-state index in [1.54, 1.807) is 13.8 Å². The molecule has 0 spiro atoms. The Hall–Kier alpha value is -2.13. The minimum Gasteiger partial charge on any atom is -0.394 e. The number of amides is 1. The summed E-state index contributed by atoms with van der Waals surface area (Å²) in [4.78, 5) is 26.5. The van der Waals surface area contributed by atoms with Crippen molar-refractivity contribution in [2.45, 2.75) is 59.9 Å². The summed E-state index contributed by atoms with van der Waals surface area (Å²) in [5.74, 6) is -0.151. The first-order valence-corrected chi connectivity index (χ1v) is 8.11. The fraction of sp³-hybridized carbons (Fsp3) is 0.611. The smallest absolute Gasteiger partial charge is 0.266 e. The van der Waals surface area contributed by atoms with Gasteiger partial charge < -0.3 is 15.4 Å². The summed E-state index contributed by atoms with van der Waals surface area (Å²) in [6.45, 7) is 9.55. The molecular weight excluding hydrogens is 306 g/mol. The minimum atomic E-state index is -0.397. The lowest BCUT2D eigenvalue weighted by Crippen LogP contribution is -2.40. The Morgan fingerprint density at radius 3 is 2.50 bits per heavy atom. The van der Waals surface area contributed by atoms with Crippen LogP contribution in [0.1, 0.15) is 56.0 Å². The SMILES string of the molecule is Cc1[nH]c(=O)c(C#N)c(C)c1CCC(=O)NC(CO)CC(C)(C)C. The number of carbonyl (C=O) groups excluding carboxylic acids is 1. The van der Waals surface area contributed by atoms with E-state index in [4.69, 9.17) is 5.26 Å². The molecule has 1 amide bonds. The van der Waals surface area contributed by atoms with Gasteiger partial charge in [0.15, 0.2) is 0 Å². The van der Waals surface area contributed by atoms with Crippen LogP contribution in [0.2, 0.25) is 0 Å². The molecule has 0 bridgehead atoms. The number of aliphatic hydroxyl groups is 1. The summed E-state index contributed by atoms with van der Waals surface area (Å²) in [6, 6.07) is 1.64. The first-order chi connectivity index (χ1) is 11.1. The summed E-state index contributed by atoms with van der Waals surface area (Å²) in [5, 5.41) is 21.3. The van der Waals surface area contributed by atoms with Crippen LogP contribution in [-0.4, -0.2) is 28.6 Å². The predicted octanol–water partition coefficient (Wildman–Crippen LogP) is 1.71. The summed E-state index contributed by atoms with van der Waals surface area (Å²) < 4.78 is 0. The van der Waals surface area contributed by atoms with Crippen molar-refractivity contribution in [3.8, 4) is 6.07 Å². The highest BCUT2D eigenvalue weighted by atomic mass is 16.3. The number of hydrogen-bond donors (Lipinski definition) is 3. The molecule has 1 aromatic rings. The van der Waals surface area contributed by atoms with Crippen LogP contribution in [0.5, 0.6) is 0 Å². The molecule has 132 valence electrons. The van der Waals surface area contributed by atoms with E-state index in [-0.39, 0.29) is 36.0 Å². The molecule has 1 rings (SSSR count). The van der Waals surface area contributed by atoms with Gasteiger partial charge in [0.25, 0.3) is 5.56 Å². The van der Waals surface area contributed by atoms with Gasteiger partial charge in [-0.05, 0) is 43.2 Å². The summed E-state index contributed by atoms with van der Waals surface area (Å²) in [5.41, 5.74) is 1.83. The molecule has 0 fully saturated rings. The maximum Gasteiger partial charge on any atom is 0.266 e. The van der Waals surface area contributed by atoms with Crippen molar-refractivity contribution in [1.82, 2.24) is 10.3 Å². The van der Waals surface area contributed by atoms with E-state index in [0.29, 0.717) is 24.1 Å². The van der Waals surface area contributed by atoms with Crippen LogP contribution >= 0.6 is 0 Å². The summed E-state index contributed by atoms with van der Waals surface area (Å²) >= 11 is 0. The highest BCUT2D eigenvalue weighted by Crippen LogP contribution is 2.21. The number of nitrogens with one attached hydrogen (secondary N) is 2. The van der Waals surface area contributed by atoms with Gasteiger partial charge >= 0.3 is 0 Å². The maximum atomic E-state index is 12.2. The molecule has 3 N–H and O–H groups in total. The van der Waals surface area contributed by atoms with E-state index in [9.17, 15) is 14.7 Å². The van der Waals surface area contributed by atoms with Crippen LogP contribution in [0, 0.1) is 30.6 Å². The molecule has 1 unspecified atom stereocenters. The van der Waals surface area contributed by atoms with Crippen LogP contribution in [0.25, 0.3) is 0 Å². The fourth-order valence-corrected chi connectivity index (χ4v) is 2.86.